The summed E-state index contributed by atoms with van der Waals surface area (Å²) in [7, 11) is 0. The van der Waals surface area contributed by atoms with Crippen molar-refractivity contribution in [1.29, 1.82) is 0 Å². The largest absolute Gasteiger partial charge is 0.481 e. The van der Waals surface area contributed by atoms with Gasteiger partial charge >= 0.3 is 5.97 Å². The third-order valence-electron chi connectivity index (χ3n) is 3.52. The molecular weight excluding hydrogens is 208 g/mol. The van der Waals surface area contributed by atoms with Crippen LogP contribution in [0, 0.1) is 11.8 Å². The lowest BCUT2D eigenvalue weighted by atomic mass is 9.85. The highest BCUT2D eigenvalue weighted by Gasteiger charge is 2.41. The van der Waals surface area contributed by atoms with E-state index in [9.17, 15) is 9.59 Å². The van der Waals surface area contributed by atoms with E-state index in [-0.39, 0.29) is 11.8 Å². The third kappa shape index (κ3) is 2.35. The van der Waals surface area contributed by atoms with E-state index in [1.54, 1.807) is 18.7 Å². The second-order valence-corrected chi connectivity index (χ2v) is 4.87. The predicted molar refractivity (Wildman–Crippen MR) is 59.8 cm³/mol. The Kier molecular flexibility index (Phi) is 3.57. The zero-order valence-corrected chi connectivity index (χ0v) is 10.1. The van der Waals surface area contributed by atoms with Gasteiger partial charge in [0.25, 0.3) is 0 Å². The summed E-state index contributed by atoms with van der Waals surface area (Å²) in [6.45, 7) is 6.28. The van der Waals surface area contributed by atoms with Gasteiger partial charge in [-0.25, -0.2) is 0 Å². The number of carbonyl (C=O) groups is 2. The number of nitrogens with two attached hydrogens (primary N) is 1. The maximum absolute atomic E-state index is 11.9. The number of hydrogen-bond acceptors (Lipinski definition) is 3. The summed E-state index contributed by atoms with van der Waals surface area (Å²) >= 11 is 0. The lowest BCUT2D eigenvalue weighted by Crippen LogP contribution is -2.61. The topological polar surface area (TPSA) is 83.6 Å². The lowest BCUT2D eigenvalue weighted by molar-refractivity contribution is -0.152. The van der Waals surface area contributed by atoms with Gasteiger partial charge in [0.15, 0.2) is 0 Å². The minimum absolute atomic E-state index is 0.0640. The molecule has 1 rings (SSSR count). The molecule has 2 atom stereocenters. The monoisotopic (exact) mass is 228 g/mol. The van der Waals surface area contributed by atoms with Gasteiger partial charge in [0.1, 0.15) is 0 Å². The Bertz CT molecular complexity index is 296. The summed E-state index contributed by atoms with van der Waals surface area (Å²) < 4.78 is 0. The molecule has 5 heteroatoms. The molecule has 0 radical (unpaired) electrons. The molecule has 5 nitrogen and oxygen atoms in total. The van der Waals surface area contributed by atoms with Crippen molar-refractivity contribution in [1.82, 2.24) is 4.90 Å². The van der Waals surface area contributed by atoms with Crippen LogP contribution in [0.25, 0.3) is 0 Å². The number of carboxylic acids is 1. The van der Waals surface area contributed by atoms with E-state index < -0.39 is 17.4 Å². The fourth-order valence-electron chi connectivity index (χ4n) is 1.71. The number of rotatable bonds is 4. The molecule has 2 unspecified atom stereocenters. The molecule has 16 heavy (non-hydrogen) atoms. The first kappa shape index (κ1) is 13.0. The second-order valence-electron chi connectivity index (χ2n) is 4.87. The molecule has 92 valence electrons. The highest BCUT2D eigenvalue weighted by Crippen LogP contribution is 2.26. The van der Waals surface area contributed by atoms with Crippen molar-refractivity contribution in [2.24, 2.45) is 17.6 Å². The number of likely N-dealkylation sites (tertiary alicyclic amines) is 1. The summed E-state index contributed by atoms with van der Waals surface area (Å²) in [6.07, 6.45) is 0.585. The zero-order chi connectivity index (χ0) is 12.5. The molecule has 1 fully saturated rings. The van der Waals surface area contributed by atoms with Crippen LogP contribution in [0.5, 0.6) is 0 Å². The number of aliphatic carboxylic acids is 1. The van der Waals surface area contributed by atoms with E-state index in [1.165, 1.54) is 0 Å². The zero-order valence-electron chi connectivity index (χ0n) is 10.1. The minimum Gasteiger partial charge on any atom is -0.481 e. The third-order valence-corrected chi connectivity index (χ3v) is 3.52. The summed E-state index contributed by atoms with van der Waals surface area (Å²) in [5, 5.41) is 8.82. The fraction of sp³-hybridized carbons (Fsp3) is 0.818. The van der Waals surface area contributed by atoms with Gasteiger partial charge in [-0.1, -0.05) is 13.8 Å². The summed E-state index contributed by atoms with van der Waals surface area (Å²) in [5.74, 6) is -1.21. The normalized spacial score (nSPS) is 22.1. The smallest absolute Gasteiger partial charge is 0.306 e. The number of nitrogens with zero attached hydrogens (tertiary/aromatic N) is 1. The first-order valence-corrected chi connectivity index (χ1v) is 5.60. The Hall–Kier alpha value is -1.10. The van der Waals surface area contributed by atoms with Gasteiger partial charge in [0, 0.05) is 19.0 Å². The predicted octanol–water partition coefficient (Wildman–Crippen LogP) is 0.293. The Morgan fingerprint density at radius 2 is 2.06 bits per heavy atom. The van der Waals surface area contributed by atoms with Gasteiger partial charge in [-0.15, -0.1) is 0 Å². The molecule has 0 aliphatic carbocycles. The van der Waals surface area contributed by atoms with E-state index in [0.29, 0.717) is 19.5 Å². The highest BCUT2D eigenvalue weighted by atomic mass is 16.4. The summed E-state index contributed by atoms with van der Waals surface area (Å²) in [6, 6.07) is 0. The van der Waals surface area contributed by atoms with Crippen LogP contribution in [0.3, 0.4) is 0 Å². The van der Waals surface area contributed by atoms with Crippen LogP contribution >= 0.6 is 0 Å². The van der Waals surface area contributed by atoms with Gasteiger partial charge in [-0.05, 0) is 13.3 Å². The van der Waals surface area contributed by atoms with Crippen molar-refractivity contribution in [3.63, 3.8) is 0 Å². The molecule has 0 aromatic carbocycles. The maximum Gasteiger partial charge on any atom is 0.306 e. The van der Waals surface area contributed by atoms with Crippen molar-refractivity contribution in [3.05, 3.63) is 0 Å². The van der Waals surface area contributed by atoms with Gasteiger partial charge in [0.05, 0.1) is 11.5 Å². The molecule has 0 bridgehead atoms. The van der Waals surface area contributed by atoms with Gasteiger partial charge < -0.3 is 15.7 Å². The second kappa shape index (κ2) is 4.41. The van der Waals surface area contributed by atoms with Crippen LogP contribution in [-0.4, -0.2) is 40.5 Å². The van der Waals surface area contributed by atoms with Crippen molar-refractivity contribution < 1.29 is 14.7 Å². The van der Waals surface area contributed by atoms with Crippen LogP contribution in [0.1, 0.15) is 27.2 Å². The van der Waals surface area contributed by atoms with Crippen molar-refractivity contribution >= 4 is 11.9 Å². The van der Waals surface area contributed by atoms with Crippen LogP contribution in [0.4, 0.5) is 0 Å². The molecule has 3 N–H and O–H groups in total. The molecule has 0 aromatic rings. The van der Waals surface area contributed by atoms with Crippen molar-refractivity contribution in [2.75, 3.05) is 13.1 Å². The molecule has 1 amide bonds. The highest BCUT2D eigenvalue weighted by molar-refractivity contribution is 5.86. The van der Waals surface area contributed by atoms with E-state index in [4.69, 9.17) is 10.8 Å². The van der Waals surface area contributed by atoms with E-state index >= 15 is 0 Å². The van der Waals surface area contributed by atoms with Gasteiger partial charge in [0.2, 0.25) is 5.91 Å². The number of hydrogen-bond donors (Lipinski definition) is 2. The standard InChI is InChI=1S/C11H20N2O3/c1-4-11(3,12)10(16)13-5-8(6-13)7(2)9(14)15/h7-8H,4-6,12H2,1-3H3,(H,14,15). The van der Waals surface area contributed by atoms with Crippen LogP contribution in [0.15, 0.2) is 0 Å². The van der Waals surface area contributed by atoms with Gasteiger partial charge in [-0.3, -0.25) is 9.59 Å². The first-order chi connectivity index (χ1) is 7.29. The van der Waals surface area contributed by atoms with Crippen LogP contribution in [0.2, 0.25) is 0 Å². The SMILES string of the molecule is CCC(C)(N)C(=O)N1CC(C(C)C(=O)O)C1. The lowest BCUT2D eigenvalue weighted by Gasteiger charge is -2.44. The molecule has 1 aliphatic rings. The Labute approximate surface area is 95.6 Å². The fourth-order valence-corrected chi connectivity index (χ4v) is 1.71. The Morgan fingerprint density at radius 3 is 2.44 bits per heavy atom. The molecule has 0 saturated carbocycles. The van der Waals surface area contributed by atoms with E-state index in [1.807, 2.05) is 6.92 Å². The van der Waals surface area contributed by atoms with E-state index in [2.05, 4.69) is 0 Å². The maximum atomic E-state index is 11.9. The Morgan fingerprint density at radius 1 is 1.56 bits per heavy atom. The molecule has 1 heterocycles. The molecule has 1 saturated heterocycles. The number of carboxylic acid groups (broad SMARTS) is 1. The summed E-state index contributed by atoms with van der Waals surface area (Å²) in [5.41, 5.74) is 5.02. The molecular formula is C11H20N2O3. The van der Waals surface area contributed by atoms with E-state index in [0.717, 1.165) is 0 Å². The molecule has 0 aromatic heterocycles. The summed E-state index contributed by atoms with van der Waals surface area (Å²) in [4.78, 5) is 24.3. The minimum atomic E-state index is -0.822. The first-order valence-electron chi connectivity index (χ1n) is 5.60. The number of amides is 1. The van der Waals surface area contributed by atoms with Gasteiger partial charge in [-0.2, -0.15) is 0 Å². The van der Waals surface area contributed by atoms with Crippen molar-refractivity contribution in [3.8, 4) is 0 Å². The average molecular weight is 228 g/mol. The number of carbonyl (C=O) groups excluding carboxylic acids is 1. The molecule has 0 spiro atoms. The van der Waals surface area contributed by atoms with Crippen LogP contribution in [-0.2, 0) is 9.59 Å². The Balaban J connectivity index is 2.48. The van der Waals surface area contributed by atoms with Crippen molar-refractivity contribution in [2.45, 2.75) is 32.7 Å². The molecule has 1 aliphatic heterocycles. The quantitative estimate of drug-likeness (QED) is 0.724. The average Bonchev–Trinajstić information content (AvgIpc) is 2.14. The van der Waals surface area contributed by atoms with Crippen LogP contribution < -0.4 is 5.73 Å².